The van der Waals surface area contributed by atoms with Gasteiger partial charge in [0.05, 0.1) is 10.6 Å². The Hall–Kier alpha value is -2.83. The highest BCUT2D eigenvalue weighted by Crippen LogP contribution is 2.40. The summed E-state index contributed by atoms with van der Waals surface area (Å²) in [7, 11) is 0. The zero-order valence-corrected chi connectivity index (χ0v) is 9.70. The molecule has 0 radical (unpaired) electrons. The zero-order valence-electron chi connectivity index (χ0n) is 9.70. The average molecular weight is 259 g/mol. The van der Waals surface area contributed by atoms with Gasteiger partial charge >= 0.3 is 5.69 Å². The lowest BCUT2D eigenvalue weighted by molar-refractivity contribution is -0.384. The van der Waals surface area contributed by atoms with Crippen LogP contribution in [0.2, 0.25) is 0 Å². The van der Waals surface area contributed by atoms with Crippen molar-refractivity contribution in [2.75, 3.05) is 12.1 Å². The van der Waals surface area contributed by atoms with Crippen molar-refractivity contribution in [3.63, 3.8) is 0 Å². The minimum Gasteiger partial charge on any atom is -0.454 e. The highest BCUT2D eigenvalue weighted by Gasteiger charge is 2.20. The number of nitrogens with zero attached hydrogens (tertiary/aromatic N) is 2. The van der Waals surface area contributed by atoms with Gasteiger partial charge in [0.1, 0.15) is 0 Å². The second kappa shape index (κ2) is 4.45. The van der Waals surface area contributed by atoms with Crippen LogP contribution in [-0.2, 0) is 0 Å². The predicted octanol–water partition coefficient (Wildman–Crippen LogP) is 2.46. The van der Waals surface area contributed by atoms with Crippen molar-refractivity contribution in [2.24, 2.45) is 0 Å². The van der Waals surface area contributed by atoms with Gasteiger partial charge in [-0.2, -0.15) is 0 Å². The van der Waals surface area contributed by atoms with E-state index in [2.05, 4.69) is 10.3 Å². The molecule has 19 heavy (non-hydrogen) atoms. The summed E-state index contributed by atoms with van der Waals surface area (Å²) in [5.41, 5.74) is 0.482. The fraction of sp³-hybridized carbons (Fsp3) is 0.0833. The molecule has 0 atom stereocenters. The van der Waals surface area contributed by atoms with Crippen molar-refractivity contribution < 1.29 is 14.4 Å². The molecule has 0 unspecified atom stereocenters. The molecule has 0 aliphatic carbocycles. The number of para-hydroxylation sites is 1. The van der Waals surface area contributed by atoms with E-state index in [0.717, 1.165) is 0 Å². The first-order valence-electron chi connectivity index (χ1n) is 5.51. The summed E-state index contributed by atoms with van der Waals surface area (Å²) < 4.78 is 10.6. The summed E-state index contributed by atoms with van der Waals surface area (Å²) in [6, 6.07) is 8.17. The number of benzene rings is 1. The highest BCUT2D eigenvalue weighted by molar-refractivity contribution is 5.72. The quantitative estimate of drug-likeness (QED) is 0.673. The van der Waals surface area contributed by atoms with Gasteiger partial charge in [-0.25, -0.2) is 4.98 Å². The largest absolute Gasteiger partial charge is 0.454 e. The van der Waals surface area contributed by atoms with Gasteiger partial charge < -0.3 is 14.8 Å². The van der Waals surface area contributed by atoms with Crippen LogP contribution in [0.25, 0.3) is 0 Å². The van der Waals surface area contributed by atoms with Gasteiger partial charge in [0, 0.05) is 12.3 Å². The lowest BCUT2D eigenvalue weighted by Gasteiger charge is -2.08. The maximum absolute atomic E-state index is 10.9. The van der Waals surface area contributed by atoms with Crippen LogP contribution in [0.3, 0.4) is 0 Å². The molecule has 1 aliphatic heterocycles. The number of anilines is 2. The van der Waals surface area contributed by atoms with Crippen molar-refractivity contribution in [1.29, 1.82) is 0 Å². The summed E-state index contributed by atoms with van der Waals surface area (Å²) in [4.78, 5) is 14.4. The minimum absolute atomic E-state index is 0.0981. The monoisotopic (exact) mass is 259 g/mol. The highest BCUT2D eigenvalue weighted by atomic mass is 16.7. The maximum Gasteiger partial charge on any atom is 0.311 e. The normalized spacial score (nSPS) is 12.2. The SMILES string of the molecule is O=[N+]([O-])c1cccnc1Nc1cccc2c1OCO2. The van der Waals surface area contributed by atoms with E-state index in [9.17, 15) is 10.1 Å². The molecule has 0 saturated heterocycles. The Kier molecular flexibility index (Phi) is 2.64. The first-order chi connectivity index (χ1) is 9.25. The molecule has 3 rings (SSSR count). The van der Waals surface area contributed by atoms with E-state index in [4.69, 9.17) is 9.47 Å². The van der Waals surface area contributed by atoms with Crippen molar-refractivity contribution in [1.82, 2.24) is 4.98 Å². The number of hydrogen-bond acceptors (Lipinski definition) is 6. The molecular formula is C12H9N3O4. The van der Waals surface area contributed by atoms with E-state index in [1.165, 1.54) is 18.3 Å². The molecule has 2 heterocycles. The summed E-state index contributed by atoms with van der Waals surface area (Å²) in [6.45, 7) is 0.137. The lowest BCUT2D eigenvalue weighted by Crippen LogP contribution is -2.00. The van der Waals surface area contributed by atoms with Crippen molar-refractivity contribution in [2.45, 2.75) is 0 Å². The second-order valence-electron chi connectivity index (χ2n) is 3.79. The Balaban J connectivity index is 1.99. The van der Waals surface area contributed by atoms with Crippen LogP contribution in [-0.4, -0.2) is 16.7 Å². The third kappa shape index (κ3) is 2.01. The summed E-state index contributed by atoms with van der Waals surface area (Å²) >= 11 is 0. The molecule has 7 nitrogen and oxygen atoms in total. The molecule has 0 amide bonds. The number of hydrogen-bond donors (Lipinski definition) is 1. The van der Waals surface area contributed by atoms with Crippen LogP contribution in [0.1, 0.15) is 0 Å². The molecule has 0 saturated carbocycles. The van der Waals surface area contributed by atoms with Crippen LogP contribution in [0.4, 0.5) is 17.2 Å². The van der Waals surface area contributed by atoms with Crippen molar-refractivity contribution in [3.05, 3.63) is 46.6 Å². The molecule has 96 valence electrons. The van der Waals surface area contributed by atoms with E-state index < -0.39 is 4.92 Å². The molecule has 2 aromatic rings. The molecule has 1 aliphatic rings. The molecule has 7 heteroatoms. The Morgan fingerprint density at radius 3 is 3.00 bits per heavy atom. The maximum atomic E-state index is 10.9. The van der Waals surface area contributed by atoms with Gasteiger partial charge in [-0.3, -0.25) is 10.1 Å². The average Bonchev–Trinajstić information content (AvgIpc) is 2.88. The summed E-state index contributed by atoms with van der Waals surface area (Å²) in [5.74, 6) is 1.29. The number of nitro groups is 1. The molecule has 0 bridgehead atoms. The van der Waals surface area contributed by atoms with Gasteiger partial charge in [-0.1, -0.05) is 6.07 Å². The number of fused-ring (bicyclic) bond motifs is 1. The van der Waals surface area contributed by atoms with E-state index in [-0.39, 0.29) is 18.3 Å². The third-order valence-electron chi connectivity index (χ3n) is 2.63. The van der Waals surface area contributed by atoms with E-state index in [1.54, 1.807) is 18.2 Å². The van der Waals surface area contributed by atoms with Gasteiger partial charge in [0.2, 0.25) is 12.6 Å². The van der Waals surface area contributed by atoms with Crippen LogP contribution in [0.15, 0.2) is 36.5 Å². The molecule has 1 aromatic carbocycles. The third-order valence-corrected chi connectivity index (χ3v) is 2.63. The van der Waals surface area contributed by atoms with Gasteiger partial charge in [-0.05, 0) is 18.2 Å². The van der Waals surface area contributed by atoms with E-state index >= 15 is 0 Å². The summed E-state index contributed by atoms with van der Waals surface area (Å²) in [6.07, 6.45) is 1.48. The Morgan fingerprint density at radius 1 is 1.26 bits per heavy atom. The first-order valence-corrected chi connectivity index (χ1v) is 5.51. The topological polar surface area (TPSA) is 86.5 Å². The minimum atomic E-state index is -0.490. The van der Waals surface area contributed by atoms with E-state index in [1.807, 2.05) is 0 Å². The Bertz CT molecular complexity index is 645. The number of pyridine rings is 1. The van der Waals surface area contributed by atoms with Crippen LogP contribution in [0.5, 0.6) is 11.5 Å². The summed E-state index contributed by atoms with van der Waals surface area (Å²) in [5, 5.41) is 13.8. The standard InChI is InChI=1S/C12H9N3O4/c16-15(17)9-4-2-6-13-12(9)14-8-3-1-5-10-11(8)19-7-18-10/h1-6H,7H2,(H,13,14). The number of ether oxygens (including phenoxy) is 2. The molecule has 0 fully saturated rings. The first kappa shape index (κ1) is 11.3. The van der Waals surface area contributed by atoms with Gasteiger partial charge in [-0.15, -0.1) is 0 Å². The van der Waals surface area contributed by atoms with E-state index in [0.29, 0.717) is 17.2 Å². The number of nitrogens with one attached hydrogen (secondary N) is 1. The van der Waals surface area contributed by atoms with Gasteiger partial charge in [0.15, 0.2) is 11.5 Å². The molecule has 1 aromatic heterocycles. The van der Waals surface area contributed by atoms with Crippen LogP contribution < -0.4 is 14.8 Å². The lowest BCUT2D eigenvalue weighted by atomic mass is 10.2. The van der Waals surface area contributed by atoms with Crippen molar-refractivity contribution >= 4 is 17.2 Å². The van der Waals surface area contributed by atoms with Crippen LogP contribution in [0, 0.1) is 10.1 Å². The molecular weight excluding hydrogens is 250 g/mol. The zero-order chi connectivity index (χ0) is 13.2. The Morgan fingerprint density at radius 2 is 2.16 bits per heavy atom. The molecule has 1 N–H and O–H groups in total. The van der Waals surface area contributed by atoms with Crippen LogP contribution >= 0.6 is 0 Å². The second-order valence-corrected chi connectivity index (χ2v) is 3.79. The molecule has 0 spiro atoms. The fourth-order valence-corrected chi connectivity index (χ4v) is 1.80. The van der Waals surface area contributed by atoms with Crippen molar-refractivity contribution in [3.8, 4) is 11.5 Å². The smallest absolute Gasteiger partial charge is 0.311 e. The predicted molar refractivity (Wildman–Crippen MR) is 66.7 cm³/mol. The Labute approximate surface area is 107 Å². The van der Waals surface area contributed by atoms with Gasteiger partial charge in [0.25, 0.3) is 0 Å². The number of rotatable bonds is 3. The fourth-order valence-electron chi connectivity index (χ4n) is 1.80. The number of aromatic nitrogens is 1.